The van der Waals surface area contributed by atoms with Crippen molar-refractivity contribution in [3.8, 4) is 0 Å². The lowest BCUT2D eigenvalue weighted by Gasteiger charge is -2.42. The Kier molecular flexibility index (Phi) is 5.84. The van der Waals surface area contributed by atoms with E-state index in [1.165, 1.54) is 0 Å². The van der Waals surface area contributed by atoms with Crippen molar-refractivity contribution >= 4 is 10.1 Å². The molecule has 0 aliphatic carbocycles. The van der Waals surface area contributed by atoms with Gasteiger partial charge in [0.1, 0.15) is 0 Å². The predicted molar refractivity (Wildman–Crippen MR) is 87.5 cm³/mol. The molecule has 130 valence electrons. The topological polar surface area (TPSA) is 61.8 Å². The van der Waals surface area contributed by atoms with Gasteiger partial charge in [-0.05, 0) is 30.9 Å². The van der Waals surface area contributed by atoms with Gasteiger partial charge in [-0.2, -0.15) is 8.42 Å². The van der Waals surface area contributed by atoms with E-state index < -0.39 is 10.1 Å². The quantitative estimate of drug-likeness (QED) is 0.770. The van der Waals surface area contributed by atoms with Crippen molar-refractivity contribution in [3.63, 3.8) is 0 Å². The first kappa shape index (κ1) is 18.4. The average molecular weight is 342 g/mol. The molecule has 23 heavy (non-hydrogen) atoms. The predicted octanol–water partition coefficient (Wildman–Crippen LogP) is 2.98. The fourth-order valence-corrected chi connectivity index (χ4v) is 3.80. The Balaban J connectivity index is 2.05. The van der Waals surface area contributed by atoms with Gasteiger partial charge in [-0.25, -0.2) is 0 Å². The van der Waals surface area contributed by atoms with Crippen LogP contribution in [0, 0.1) is 24.7 Å². The molecule has 2 rings (SSSR count). The smallest absolute Gasteiger partial charge is 0.297 e. The highest BCUT2D eigenvalue weighted by atomic mass is 32.2. The second-order valence-corrected chi connectivity index (χ2v) is 8.02. The molecule has 0 amide bonds. The first-order valence-electron chi connectivity index (χ1n) is 7.90. The van der Waals surface area contributed by atoms with Crippen LogP contribution in [0.15, 0.2) is 29.2 Å². The number of hydrogen-bond donors (Lipinski definition) is 0. The molecular formula is C17H26O5S. The second kappa shape index (κ2) is 7.30. The number of ether oxygens (including phenoxy) is 2. The third-order valence-corrected chi connectivity index (χ3v) is 6.21. The molecule has 5 nitrogen and oxygen atoms in total. The van der Waals surface area contributed by atoms with Crippen molar-refractivity contribution in [3.05, 3.63) is 29.8 Å². The summed E-state index contributed by atoms with van der Waals surface area (Å²) in [5.41, 5.74) is 0.999. The lowest BCUT2D eigenvalue weighted by Crippen LogP contribution is -2.47. The van der Waals surface area contributed by atoms with Crippen LogP contribution in [-0.2, 0) is 23.8 Å². The Morgan fingerprint density at radius 1 is 1.04 bits per heavy atom. The molecule has 0 N–H and O–H groups in total. The van der Waals surface area contributed by atoms with E-state index in [9.17, 15) is 8.42 Å². The number of methoxy groups -OCH3 is 1. The van der Waals surface area contributed by atoms with Crippen molar-refractivity contribution < 1.29 is 22.1 Å². The van der Waals surface area contributed by atoms with Gasteiger partial charge < -0.3 is 9.47 Å². The average Bonchev–Trinajstić information content (AvgIpc) is 2.52. The summed E-state index contributed by atoms with van der Waals surface area (Å²) in [6.07, 6.45) is -0.650. The summed E-state index contributed by atoms with van der Waals surface area (Å²) in [5.74, 6) is 0.786. The number of hydrogen-bond acceptors (Lipinski definition) is 5. The van der Waals surface area contributed by atoms with E-state index in [0.717, 1.165) is 5.56 Å². The highest BCUT2D eigenvalue weighted by Crippen LogP contribution is 2.35. The molecule has 1 saturated heterocycles. The first-order chi connectivity index (χ1) is 10.8. The molecule has 2 unspecified atom stereocenters. The summed E-state index contributed by atoms with van der Waals surface area (Å²) >= 11 is 0. The number of rotatable bonds is 5. The van der Waals surface area contributed by atoms with E-state index in [1.807, 2.05) is 6.92 Å². The molecule has 0 bridgehead atoms. The SMILES string of the molecule is CO[C@H]1OC(COS(=O)(=O)c2ccc(C)cc2)[C@H](C)[C@H](C)C1C. The summed E-state index contributed by atoms with van der Waals surface area (Å²) in [4.78, 5) is 0.163. The second-order valence-electron chi connectivity index (χ2n) is 6.41. The van der Waals surface area contributed by atoms with Gasteiger partial charge in [0.15, 0.2) is 6.29 Å². The van der Waals surface area contributed by atoms with E-state index in [-0.39, 0.29) is 35.7 Å². The van der Waals surface area contributed by atoms with Gasteiger partial charge in [0, 0.05) is 13.0 Å². The largest absolute Gasteiger partial charge is 0.356 e. The minimum atomic E-state index is -3.78. The van der Waals surface area contributed by atoms with Crippen molar-refractivity contribution in [1.29, 1.82) is 0 Å². The Morgan fingerprint density at radius 2 is 1.65 bits per heavy atom. The van der Waals surface area contributed by atoms with Crippen molar-refractivity contribution in [2.75, 3.05) is 13.7 Å². The molecule has 1 aliphatic rings. The van der Waals surface area contributed by atoms with Crippen molar-refractivity contribution in [2.24, 2.45) is 17.8 Å². The number of aryl methyl sites for hydroxylation is 1. The summed E-state index contributed by atoms with van der Waals surface area (Å²) < 4.78 is 41.0. The molecule has 0 saturated carbocycles. The summed E-state index contributed by atoms with van der Waals surface area (Å²) in [5, 5.41) is 0. The van der Waals surface area contributed by atoms with E-state index >= 15 is 0 Å². The van der Waals surface area contributed by atoms with Crippen molar-refractivity contribution in [2.45, 2.75) is 45.0 Å². The zero-order valence-electron chi connectivity index (χ0n) is 14.4. The number of benzene rings is 1. The van der Waals surface area contributed by atoms with Gasteiger partial charge in [0.2, 0.25) is 0 Å². The van der Waals surface area contributed by atoms with Crippen LogP contribution in [0.2, 0.25) is 0 Å². The zero-order chi connectivity index (χ0) is 17.2. The molecule has 0 radical (unpaired) electrons. The molecule has 0 spiro atoms. The first-order valence-corrected chi connectivity index (χ1v) is 9.31. The van der Waals surface area contributed by atoms with Crippen LogP contribution in [0.3, 0.4) is 0 Å². The maximum absolute atomic E-state index is 12.3. The molecule has 1 aromatic rings. The van der Waals surface area contributed by atoms with E-state index in [1.54, 1.807) is 31.4 Å². The zero-order valence-corrected chi connectivity index (χ0v) is 15.2. The Morgan fingerprint density at radius 3 is 2.22 bits per heavy atom. The monoisotopic (exact) mass is 342 g/mol. The summed E-state index contributed by atoms with van der Waals surface area (Å²) in [6.45, 7) is 8.16. The van der Waals surface area contributed by atoms with E-state index in [4.69, 9.17) is 13.7 Å². The van der Waals surface area contributed by atoms with Crippen LogP contribution in [0.5, 0.6) is 0 Å². The van der Waals surface area contributed by atoms with Crippen LogP contribution in [0.4, 0.5) is 0 Å². The summed E-state index contributed by atoms with van der Waals surface area (Å²) in [7, 11) is -2.17. The normalized spacial score (nSPS) is 32.0. The van der Waals surface area contributed by atoms with Crippen LogP contribution in [0.1, 0.15) is 26.3 Å². The molecule has 5 atom stereocenters. The highest BCUT2D eigenvalue weighted by Gasteiger charge is 2.39. The Bertz CT molecular complexity index is 608. The van der Waals surface area contributed by atoms with Gasteiger partial charge in [-0.1, -0.05) is 38.5 Å². The van der Waals surface area contributed by atoms with Gasteiger partial charge in [-0.3, -0.25) is 4.18 Å². The molecule has 1 aliphatic heterocycles. The minimum Gasteiger partial charge on any atom is -0.356 e. The third kappa shape index (κ3) is 4.12. The van der Waals surface area contributed by atoms with Gasteiger partial charge in [0.05, 0.1) is 17.6 Å². The standard InChI is InChI=1S/C17H26O5S/c1-11-6-8-15(9-7-11)23(18,19)21-10-16-13(3)12(2)14(4)17(20-5)22-16/h6-9,12-14,16-17H,10H2,1-5H3/t12-,13+,14?,16?,17-/m0/s1. The fraction of sp³-hybridized carbons (Fsp3) is 0.647. The van der Waals surface area contributed by atoms with Crippen LogP contribution >= 0.6 is 0 Å². The Labute approximate surface area is 139 Å². The molecule has 6 heteroatoms. The van der Waals surface area contributed by atoms with E-state index in [0.29, 0.717) is 5.92 Å². The maximum atomic E-state index is 12.3. The molecule has 1 fully saturated rings. The van der Waals surface area contributed by atoms with Crippen LogP contribution < -0.4 is 0 Å². The van der Waals surface area contributed by atoms with Crippen LogP contribution in [-0.4, -0.2) is 34.5 Å². The maximum Gasteiger partial charge on any atom is 0.297 e. The molecule has 1 heterocycles. The van der Waals surface area contributed by atoms with Gasteiger partial charge in [0.25, 0.3) is 10.1 Å². The van der Waals surface area contributed by atoms with Crippen molar-refractivity contribution in [1.82, 2.24) is 0 Å². The van der Waals surface area contributed by atoms with E-state index in [2.05, 4.69) is 20.8 Å². The third-order valence-electron chi connectivity index (χ3n) is 4.91. The lowest BCUT2D eigenvalue weighted by atomic mass is 9.79. The molecular weight excluding hydrogens is 316 g/mol. The summed E-state index contributed by atoms with van der Waals surface area (Å²) in [6, 6.07) is 6.61. The fourth-order valence-electron chi connectivity index (χ4n) is 2.88. The lowest BCUT2D eigenvalue weighted by molar-refractivity contribution is -0.242. The minimum absolute atomic E-state index is 0.00566. The molecule has 1 aromatic carbocycles. The van der Waals surface area contributed by atoms with Gasteiger partial charge in [-0.15, -0.1) is 0 Å². The Hall–Kier alpha value is -0.950. The molecule has 0 aromatic heterocycles. The van der Waals surface area contributed by atoms with Crippen LogP contribution in [0.25, 0.3) is 0 Å². The van der Waals surface area contributed by atoms with Gasteiger partial charge >= 0.3 is 0 Å². The highest BCUT2D eigenvalue weighted by molar-refractivity contribution is 7.86.